The molecule has 0 saturated carbocycles. The Morgan fingerprint density at radius 3 is 2.56 bits per heavy atom. The molecule has 3 atom stereocenters. The summed E-state index contributed by atoms with van der Waals surface area (Å²) in [6.07, 6.45) is 8.94. The molecule has 0 fully saturated rings. The molecular weight excluding hydrogens is 265 g/mol. The van der Waals surface area contributed by atoms with Crippen molar-refractivity contribution in [2.45, 2.75) is 51.1 Å². The van der Waals surface area contributed by atoms with E-state index < -0.39 is 12.0 Å². The summed E-state index contributed by atoms with van der Waals surface area (Å²) in [5.41, 5.74) is 0. The van der Waals surface area contributed by atoms with Crippen LogP contribution in [0.15, 0.2) is 12.7 Å². The van der Waals surface area contributed by atoms with Crippen LogP contribution < -0.4 is 5.32 Å². The summed E-state index contributed by atoms with van der Waals surface area (Å²) < 4.78 is 0. The highest BCUT2D eigenvalue weighted by atomic mass is 32.2. The van der Waals surface area contributed by atoms with Crippen LogP contribution in [-0.4, -0.2) is 35.2 Å². The van der Waals surface area contributed by atoms with E-state index in [4.69, 9.17) is 5.11 Å². The molecule has 0 bridgehead atoms. The first-order valence-corrected chi connectivity index (χ1v) is 7.65. The fourth-order valence-corrected chi connectivity index (χ4v) is 2.13. The minimum absolute atomic E-state index is 0. The molecule has 0 heterocycles. The van der Waals surface area contributed by atoms with Crippen molar-refractivity contribution in [1.29, 1.82) is 0 Å². The lowest BCUT2D eigenvalue weighted by molar-refractivity contribution is -0.139. The molecule has 18 heavy (non-hydrogen) atoms. The summed E-state index contributed by atoms with van der Waals surface area (Å²) in [6.45, 7) is 5.93. The Labute approximate surface area is 119 Å². The minimum atomic E-state index is -0.763. The lowest BCUT2D eigenvalue weighted by Gasteiger charge is -2.20. The second kappa shape index (κ2) is 13.4. The molecule has 0 radical (unpaired) electrons. The van der Waals surface area contributed by atoms with Gasteiger partial charge in [0.1, 0.15) is 6.04 Å². The largest absolute Gasteiger partial charge is 0.480 e. The normalized spacial score (nSPS) is 13.4. The van der Waals surface area contributed by atoms with Crippen LogP contribution in [0.2, 0.25) is 0 Å². The molecule has 0 aromatic carbocycles. The Morgan fingerprint density at radius 2 is 2.11 bits per heavy atom. The van der Waals surface area contributed by atoms with Gasteiger partial charge in [-0.3, -0.25) is 10.1 Å². The second-order valence-electron chi connectivity index (χ2n) is 4.18. The topological polar surface area (TPSA) is 49.3 Å². The maximum absolute atomic E-state index is 11.1. The van der Waals surface area contributed by atoms with Crippen LogP contribution in [0.3, 0.4) is 0 Å². The van der Waals surface area contributed by atoms with Crippen LogP contribution in [0.4, 0.5) is 0 Å². The number of aliphatic carboxylic acids is 1. The molecule has 0 rings (SSSR count). The Balaban J connectivity index is 0. The highest BCUT2D eigenvalue weighted by molar-refractivity contribution is 7.98. The number of hydrogen-bond donors (Lipinski definition) is 2. The first-order valence-electron chi connectivity index (χ1n) is 6.26. The van der Waals surface area contributed by atoms with Gasteiger partial charge in [-0.2, -0.15) is 21.7 Å². The van der Waals surface area contributed by atoms with Gasteiger partial charge in [0, 0.05) is 6.04 Å². The fourth-order valence-electron chi connectivity index (χ4n) is 1.66. The Morgan fingerprint density at radius 1 is 1.44 bits per heavy atom. The highest BCUT2D eigenvalue weighted by Gasteiger charge is 2.19. The lowest BCUT2D eigenvalue weighted by atomic mass is 10.1. The number of hydrogen-bond acceptors (Lipinski definition) is 3. The molecule has 108 valence electrons. The van der Waals surface area contributed by atoms with Crippen molar-refractivity contribution in [3.63, 3.8) is 0 Å². The smallest absolute Gasteiger partial charge is 0.320 e. The average molecular weight is 293 g/mol. The van der Waals surface area contributed by atoms with E-state index in [1.807, 2.05) is 12.3 Å². The van der Waals surface area contributed by atoms with E-state index in [0.29, 0.717) is 6.42 Å². The molecule has 0 amide bonds. The molecule has 0 saturated heterocycles. The van der Waals surface area contributed by atoms with Crippen LogP contribution >= 0.6 is 21.7 Å². The van der Waals surface area contributed by atoms with E-state index in [2.05, 4.69) is 18.8 Å². The van der Waals surface area contributed by atoms with Crippen molar-refractivity contribution >= 4 is 27.6 Å². The van der Waals surface area contributed by atoms with Crippen molar-refractivity contribution < 1.29 is 9.90 Å². The molecule has 2 N–H and O–H groups in total. The number of rotatable bonds is 11. The van der Waals surface area contributed by atoms with E-state index in [1.165, 1.54) is 12.8 Å². The van der Waals surface area contributed by atoms with Gasteiger partial charge in [-0.15, -0.1) is 6.58 Å². The predicted molar refractivity (Wildman–Crippen MR) is 86.8 cm³/mol. The van der Waals surface area contributed by atoms with E-state index in [9.17, 15) is 4.79 Å². The molecule has 3 nitrogen and oxygen atoms in total. The van der Waals surface area contributed by atoms with E-state index in [-0.39, 0.29) is 15.9 Å². The van der Waals surface area contributed by atoms with Gasteiger partial charge in [0.15, 0.2) is 0 Å². The molecule has 0 spiro atoms. The molecule has 0 aromatic rings. The third-order valence-corrected chi connectivity index (χ3v) is 3.37. The van der Waals surface area contributed by atoms with Crippen molar-refractivity contribution in [2.24, 2.45) is 0 Å². The SMILES string of the molecule is C=CC(CCCCC)NC(CCSC)C(=O)O.P. The zero-order valence-corrected chi connectivity index (χ0v) is 13.9. The van der Waals surface area contributed by atoms with Gasteiger partial charge in [-0.05, 0) is 24.9 Å². The molecule has 3 unspecified atom stereocenters. The van der Waals surface area contributed by atoms with Crippen LogP contribution in [0.1, 0.15) is 39.0 Å². The van der Waals surface area contributed by atoms with Gasteiger partial charge in [0.25, 0.3) is 0 Å². The van der Waals surface area contributed by atoms with Gasteiger partial charge in [0.2, 0.25) is 0 Å². The number of carboxylic acid groups (broad SMARTS) is 1. The first kappa shape index (κ1) is 20.3. The Hall–Kier alpha value is -0.0500. The summed E-state index contributed by atoms with van der Waals surface area (Å²) in [4.78, 5) is 11.1. The number of thioether (sulfide) groups is 1. The van der Waals surface area contributed by atoms with E-state index in [0.717, 1.165) is 18.6 Å². The van der Waals surface area contributed by atoms with Crippen molar-refractivity contribution in [1.82, 2.24) is 5.32 Å². The van der Waals surface area contributed by atoms with Gasteiger partial charge in [-0.25, -0.2) is 0 Å². The van der Waals surface area contributed by atoms with E-state index >= 15 is 0 Å². The average Bonchev–Trinajstić information content (AvgIpc) is 2.32. The number of carbonyl (C=O) groups is 1. The molecular formula is C13H28NO2PS. The second-order valence-corrected chi connectivity index (χ2v) is 5.16. The molecule has 0 aliphatic heterocycles. The third kappa shape index (κ3) is 9.93. The first-order chi connectivity index (χ1) is 8.15. The van der Waals surface area contributed by atoms with Crippen molar-refractivity contribution in [2.75, 3.05) is 12.0 Å². The fraction of sp³-hybridized carbons (Fsp3) is 0.769. The van der Waals surface area contributed by atoms with Crippen LogP contribution in [-0.2, 0) is 4.79 Å². The summed E-state index contributed by atoms with van der Waals surface area (Å²) in [7, 11) is 0. The maximum atomic E-state index is 11.1. The zero-order valence-electron chi connectivity index (χ0n) is 11.7. The number of carboxylic acids is 1. The van der Waals surface area contributed by atoms with Crippen LogP contribution in [0.25, 0.3) is 0 Å². The Bertz CT molecular complexity index is 227. The molecule has 0 aliphatic rings. The van der Waals surface area contributed by atoms with Gasteiger partial charge >= 0.3 is 5.97 Å². The van der Waals surface area contributed by atoms with E-state index in [1.54, 1.807) is 11.8 Å². The highest BCUT2D eigenvalue weighted by Crippen LogP contribution is 2.08. The monoisotopic (exact) mass is 293 g/mol. The summed E-state index contributed by atoms with van der Waals surface area (Å²) in [5, 5.41) is 12.3. The van der Waals surface area contributed by atoms with Crippen molar-refractivity contribution in [3.05, 3.63) is 12.7 Å². The third-order valence-electron chi connectivity index (χ3n) is 2.73. The summed E-state index contributed by atoms with van der Waals surface area (Å²) in [6, 6.07) is -0.336. The maximum Gasteiger partial charge on any atom is 0.320 e. The van der Waals surface area contributed by atoms with Crippen LogP contribution in [0, 0.1) is 0 Å². The van der Waals surface area contributed by atoms with Gasteiger partial charge in [0.05, 0.1) is 0 Å². The number of unbranched alkanes of at least 4 members (excludes halogenated alkanes) is 2. The minimum Gasteiger partial charge on any atom is -0.480 e. The quantitative estimate of drug-likeness (QED) is 0.349. The lowest BCUT2D eigenvalue weighted by Crippen LogP contribution is -2.42. The summed E-state index contributed by atoms with van der Waals surface area (Å²) >= 11 is 1.67. The molecule has 5 heteroatoms. The van der Waals surface area contributed by atoms with Crippen LogP contribution in [0.5, 0.6) is 0 Å². The predicted octanol–water partition coefficient (Wildman–Crippen LogP) is 2.98. The standard InChI is InChI=1S/C13H25NO2S.H3P/c1-4-6-7-8-11(5-2)14-12(13(15)16)9-10-17-3;/h5,11-12,14H,2,4,6-10H2,1,3H3,(H,15,16);1H3. The van der Waals surface area contributed by atoms with Crippen molar-refractivity contribution in [3.8, 4) is 0 Å². The summed E-state index contributed by atoms with van der Waals surface area (Å²) in [5.74, 6) is 0.101. The molecule has 0 aliphatic carbocycles. The zero-order chi connectivity index (χ0) is 13.1. The van der Waals surface area contributed by atoms with Gasteiger partial charge < -0.3 is 5.11 Å². The Kier molecular flexibility index (Phi) is 15.1. The van der Waals surface area contributed by atoms with Gasteiger partial charge in [-0.1, -0.05) is 32.3 Å². The molecule has 0 aromatic heterocycles. The number of nitrogens with one attached hydrogen (secondary N) is 1.